The molecule has 30 heavy (non-hydrogen) atoms. The Balaban J connectivity index is 1.32. The molecule has 1 amide bonds. The number of amides is 1. The summed E-state index contributed by atoms with van der Waals surface area (Å²) in [6, 6.07) is 5.65. The zero-order valence-electron chi connectivity index (χ0n) is 15.9. The monoisotopic (exact) mass is 445 g/mol. The summed E-state index contributed by atoms with van der Waals surface area (Å²) in [6.07, 6.45) is 4.75. The number of carbonyl (C=O) groups excluding carboxylic acids is 1. The zero-order chi connectivity index (χ0) is 20.7. The number of thiazole rings is 1. The van der Waals surface area contributed by atoms with E-state index in [9.17, 15) is 13.2 Å². The summed E-state index contributed by atoms with van der Waals surface area (Å²) in [5, 5.41) is 3.87. The summed E-state index contributed by atoms with van der Waals surface area (Å²) >= 11 is 1.59. The number of sulfonamides is 1. The van der Waals surface area contributed by atoms with Crippen molar-refractivity contribution >= 4 is 54.1 Å². The second-order valence-corrected chi connectivity index (χ2v) is 9.84. The van der Waals surface area contributed by atoms with Crippen LogP contribution in [0.2, 0.25) is 0 Å². The summed E-state index contributed by atoms with van der Waals surface area (Å²) < 4.78 is 33.3. The minimum absolute atomic E-state index is 0.0662. The van der Waals surface area contributed by atoms with Gasteiger partial charge in [0.2, 0.25) is 0 Å². The Bertz CT molecular complexity index is 1210. The normalized spacial score (nSPS) is 20.5. The van der Waals surface area contributed by atoms with Crippen molar-refractivity contribution in [2.45, 2.75) is 0 Å². The van der Waals surface area contributed by atoms with Gasteiger partial charge in [-0.2, -0.15) is 0 Å². The fourth-order valence-corrected chi connectivity index (χ4v) is 5.44. The van der Waals surface area contributed by atoms with E-state index in [4.69, 9.17) is 4.74 Å². The molecular formula is C19H19N5O4S2. The fourth-order valence-electron chi connectivity index (χ4n) is 3.42. The third kappa shape index (κ3) is 3.83. The highest BCUT2D eigenvalue weighted by atomic mass is 32.2. The Hall–Kier alpha value is -2.76. The Labute approximate surface area is 177 Å². The van der Waals surface area contributed by atoms with Crippen molar-refractivity contribution in [3.05, 3.63) is 42.1 Å². The average Bonchev–Trinajstić information content (AvgIpc) is 3.17. The van der Waals surface area contributed by atoms with E-state index in [1.165, 1.54) is 0 Å². The molecule has 0 bridgehead atoms. The molecule has 0 radical (unpaired) electrons. The van der Waals surface area contributed by atoms with Gasteiger partial charge < -0.3 is 19.9 Å². The minimum atomic E-state index is -3.42. The molecule has 0 aliphatic carbocycles. The smallest absolute Gasteiger partial charge is 0.257 e. The highest BCUT2D eigenvalue weighted by Gasteiger charge is 2.25. The minimum Gasteiger partial charge on any atom is -0.378 e. The molecule has 1 saturated heterocycles. The summed E-state index contributed by atoms with van der Waals surface area (Å²) in [5.41, 5.74) is 2.01. The SMILES string of the molecule is O=C(Nc1ccc2nc(N3CCOCC3)sc2c1)C1=CN2CCS(=O)(=O)N=C2C=C1. The van der Waals surface area contributed by atoms with Gasteiger partial charge in [-0.25, -0.2) is 13.4 Å². The molecule has 0 atom stereocenters. The molecule has 1 fully saturated rings. The predicted octanol–water partition coefficient (Wildman–Crippen LogP) is 1.57. The van der Waals surface area contributed by atoms with Crippen LogP contribution < -0.4 is 10.2 Å². The summed E-state index contributed by atoms with van der Waals surface area (Å²) in [6.45, 7) is 3.34. The fraction of sp³-hybridized carbons (Fsp3) is 0.316. The first-order valence-electron chi connectivity index (χ1n) is 9.51. The number of benzene rings is 1. The second kappa shape index (κ2) is 7.49. The highest BCUT2D eigenvalue weighted by Crippen LogP contribution is 2.31. The molecule has 0 spiro atoms. The molecule has 4 heterocycles. The van der Waals surface area contributed by atoms with Crippen molar-refractivity contribution < 1.29 is 17.9 Å². The number of anilines is 2. The van der Waals surface area contributed by atoms with Crippen LogP contribution in [-0.4, -0.2) is 68.6 Å². The van der Waals surface area contributed by atoms with Gasteiger partial charge in [0.15, 0.2) is 5.13 Å². The molecular weight excluding hydrogens is 426 g/mol. The van der Waals surface area contributed by atoms with Crippen LogP contribution in [0.4, 0.5) is 10.8 Å². The van der Waals surface area contributed by atoms with Gasteiger partial charge in [0, 0.05) is 31.5 Å². The lowest BCUT2D eigenvalue weighted by molar-refractivity contribution is -0.112. The quantitative estimate of drug-likeness (QED) is 0.765. The van der Waals surface area contributed by atoms with Crippen molar-refractivity contribution in [3.8, 4) is 0 Å². The maximum atomic E-state index is 12.7. The zero-order valence-corrected chi connectivity index (χ0v) is 17.6. The predicted molar refractivity (Wildman–Crippen MR) is 116 cm³/mol. The van der Waals surface area contributed by atoms with E-state index < -0.39 is 10.0 Å². The van der Waals surface area contributed by atoms with E-state index in [1.54, 1.807) is 34.6 Å². The Kier molecular flexibility index (Phi) is 4.80. The largest absolute Gasteiger partial charge is 0.378 e. The van der Waals surface area contributed by atoms with Gasteiger partial charge in [0.1, 0.15) is 5.84 Å². The molecule has 0 saturated carbocycles. The van der Waals surface area contributed by atoms with Gasteiger partial charge >= 0.3 is 0 Å². The number of hydrogen-bond acceptors (Lipinski definition) is 8. The lowest BCUT2D eigenvalue weighted by Gasteiger charge is -2.26. The van der Waals surface area contributed by atoms with Crippen LogP contribution in [0.15, 0.2) is 46.5 Å². The topological polar surface area (TPSA) is 104 Å². The molecule has 156 valence electrons. The third-order valence-electron chi connectivity index (χ3n) is 5.00. The van der Waals surface area contributed by atoms with Crippen molar-refractivity contribution in [2.75, 3.05) is 48.8 Å². The van der Waals surface area contributed by atoms with Gasteiger partial charge in [-0.05, 0) is 30.4 Å². The molecule has 1 N–H and O–H groups in total. The number of morpholine rings is 1. The number of ether oxygens (including phenoxy) is 1. The maximum Gasteiger partial charge on any atom is 0.257 e. The lowest BCUT2D eigenvalue weighted by Crippen LogP contribution is -2.37. The first-order chi connectivity index (χ1) is 14.5. The number of fused-ring (bicyclic) bond motifs is 2. The van der Waals surface area contributed by atoms with Crippen LogP contribution in [0.5, 0.6) is 0 Å². The van der Waals surface area contributed by atoms with Gasteiger partial charge in [-0.1, -0.05) is 11.3 Å². The number of hydrogen-bond donors (Lipinski definition) is 1. The summed E-state index contributed by atoms with van der Waals surface area (Å²) in [5.74, 6) is -0.000913. The standard InChI is InChI=1S/C19H19N5O4S2/c25-18(13-1-4-17-22-30(26,27)10-7-24(17)12-13)20-14-2-3-15-16(11-14)29-19(21-15)23-5-8-28-9-6-23/h1-4,11-12H,5-10H2,(H,20,25). The number of amidine groups is 1. The van der Waals surface area contributed by atoms with E-state index in [0.717, 1.165) is 28.4 Å². The van der Waals surface area contributed by atoms with Gasteiger partial charge in [0.05, 0.1) is 34.8 Å². The van der Waals surface area contributed by atoms with E-state index in [1.807, 2.05) is 18.2 Å². The number of nitrogens with zero attached hydrogens (tertiary/aromatic N) is 4. The molecule has 11 heteroatoms. The average molecular weight is 446 g/mol. The Morgan fingerprint density at radius 2 is 2.00 bits per heavy atom. The van der Waals surface area contributed by atoms with Crippen LogP contribution in [0.3, 0.4) is 0 Å². The van der Waals surface area contributed by atoms with E-state index in [-0.39, 0.29) is 18.2 Å². The van der Waals surface area contributed by atoms with Crippen LogP contribution in [0.1, 0.15) is 0 Å². The first-order valence-corrected chi connectivity index (χ1v) is 11.9. The lowest BCUT2D eigenvalue weighted by atomic mass is 10.1. The maximum absolute atomic E-state index is 12.7. The van der Waals surface area contributed by atoms with Crippen molar-refractivity contribution in [3.63, 3.8) is 0 Å². The second-order valence-electron chi connectivity index (χ2n) is 7.08. The molecule has 2 aromatic rings. The molecule has 1 aromatic heterocycles. The molecule has 1 aromatic carbocycles. The first kappa shape index (κ1) is 19.2. The molecule has 5 rings (SSSR count). The molecule has 0 unspecified atom stereocenters. The van der Waals surface area contributed by atoms with Crippen molar-refractivity contribution in [1.29, 1.82) is 0 Å². The van der Waals surface area contributed by atoms with Crippen LogP contribution in [0, 0.1) is 0 Å². The number of rotatable bonds is 3. The number of carbonyl (C=O) groups is 1. The van der Waals surface area contributed by atoms with E-state index in [0.29, 0.717) is 30.3 Å². The number of aromatic nitrogens is 1. The Morgan fingerprint density at radius 3 is 2.83 bits per heavy atom. The van der Waals surface area contributed by atoms with Crippen molar-refractivity contribution in [1.82, 2.24) is 9.88 Å². The summed E-state index contributed by atoms with van der Waals surface area (Å²) in [4.78, 5) is 21.3. The molecule has 3 aliphatic heterocycles. The van der Waals surface area contributed by atoms with E-state index >= 15 is 0 Å². The number of nitrogens with one attached hydrogen (secondary N) is 1. The molecule has 3 aliphatic rings. The van der Waals surface area contributed by atoms with Crippen molar-refractivity contribution in [2.24, 2.45) is 4.40 Å². The highest BCUT2D eigenvalue weighted by molar-refractivity contribution is 7.90. The van der Waals surface area contributed by atoms with Gasteiger partial charge in [-0.3, -0.25) is 4.79 Å². The van der Waals surface area contributed by atoms with Gasteiger partial charge in [0.25, 0.3) is 15.9 Å². The van der Waals surface area contributed by atoms with Gasteiger partial charge in [-0.15, -0.1) is 4.40 Å². The third-order valence-corrected chi connectivity index (χ3v) is 7.25. The van der Waals surface area contributed by atoms with Crippen LogP contribution in [0.25, 0.3) is 10.2 Å². The summed E-state index contributed by atoms with van der Waals surface area (Å²) in [7, 11) is -3.42. The van der Waals surface area contributed by atoms with E-state index in [2.05, 4.69) is 19.6 Å². The Morgan fingerprint density at radius 1 is 1.17 bits per heavy atom. The van der Waals surface area contributed by atoms with Crippen LogP contribution >= 0.6 is 11.3 Å². The van der Waals surface area contributed by atoms with Crippen LogP contribution in [-0.2, 0) is 19.6 Å². The molecule has 9 nitrogen and oxygen atoms in total.